The average molecular weight is 539 g/mol. The number of anilines is 1. The minimum absolute atomic E-state index is 0.154. The molecule has 0 bridgehead atoms. The summed E-state index contributed by atoms with van der Waals surface area (Å²) in [6.07, 6.45) is 0.216. The SMILES string of the molecule is O=C(CCNS(=O)(=O)c1ccc([N+](=O)[O-])cc1)Nc1nnc(CCNC(=O)c2ccccc2Cl)s1. The molecule has 0 spiro atoms. The number of halogens is 1. The van der Waals surface area contributed by atoms with Gasteiger partial charge in [-0.1, -0.05) is 35.1 Å². The predicted octanol–water partition coefficient (Wildman–Crippen LogP) is 2.38. The zero-order chi connectivity index (χ0) is 25.4. The number of nitrogens with one attached hydrogen (secondary N) is 3. The Morgan fingerprint density at radius 1 is 1.06 bits per heavy atom. The van der Waals surface area contributed by atoms with Crippen LogP contribution in [0.25, 0.3) is 0 Å². The quantitative estimate of drug-likeness (QED) is 0.246. The Hall–Kier alpha value is -3.46. The zero-order valence-corrected chi connectivity index (χ0v) is 20.3. The van der Waals surface area contributed by atoms with E-state index >= 15 is 0 Å². The number of amides is 2. The number of nitro groups is 1. The lowest BCUT2D eigenvalue weighted by Crippen LogP contribution is -2.27. The fourth-order valence-electron chi connectivity index (χ4n) is 2.74. The van der Waals surface area contributed by atoms with Crippen molar-refractivity contribution in [2.24, 2.45) is 0 Å². The third kappa shape index (κ3) is 7.51. The van der Waals surface area contributed by atoms with E-state index in [1.165, 1.54) is 0 Å². The molecule has 2 aromatic carbocycles. The molecular weight excluding hydrogens is 520 g/mol. The molecule has 3 N–H and O–H groups in total. The molecule has 0 saturated heterocycles. The van der Waals surface area contributed by atoms with E-state index in [0.717, 1.165) is 35.6 Å². The number of aromatic nitrogens is 2. The van der Waals surface area contributed by atoms with Crippen molar-refractivity contribution in [2.75, 3.05) is 18.4 Å². The molecule has 3 aromatic rings. The van der Waals surface area contributed by atoms with E-state index in [-0.39, 0.29) is 41.1 Å². The second-order valence-electron chi connectivity index (χ2n) is 6.93. The van der Waals surface area contributed by atoms with Crippen molar-refractivity contribution >= 4 is 55.6 Å². The maximum atomic E-state index is 12.2. The number of non-ortho nitro benzene ring substituents is 1. The number of rotatable bonds is 11. The number of carbonyl (C=O) groups is 2. The monoisotopic (exact) mass is 538 g/mol. The van der Waals surface area contributed by atoms with E-state index in [2.05, 4.69) is 25.6 Å². The molecule has 35 heavy (non-hydrogen) atoms. The summed E-state index contributed by atoms with van der Waals surface area (Å²) >= 11 is 7.12. The van der Waals surface area contributed by atoms with Gasteiger partial charge in [0.25, 0.3) is 11.6 Å². The van der Waals surface area contributed by atoms with Crippen LogP contribution in [-0.2, 0) is 21.2 Å². The number of hydrogen-bond donors (Lipinski definition) is 3. The topological polar surface area (TPSA) is 173 Å². The maximum Gasteiger partial charge on any atom is 0.269 e. The van der Waals surface area contributed by atoms with Crippen LogP contribution in [0.15, 0.2) is 53.4 Å². The lowest BCUT2D eigenvalue weighted by molar-refractivity contribution is -0.384. The van der Waals surface area contributed by atoms with E-state index in [9.17, 15) is 28.1 Å². The highest BCUT2D eigenvalue weighted by Crippen LogP contribution is 2.18. The summed E-state index contributed by atoms with van der Waals surface area (Å²) in [7, 11) is -3.93. The Labute approximate surface area is 208 Å². The van der Waals surface area contributed by atoms with Crippen LogP contribution < -0.4 is 15.4 Å². The van der Waals surface area contributed by atoms with Crippen LogP contribution in [0.3, 0.4) is 0 Å². The van der Waals surface area contributed by atoms with Crippen LogP contribution >= 0.6 is 22.9 Å². The fraction of sp³-hybridized carbons (Fsp3) is 0.200. The highest BCUT2D eigenvalue weighted by atomic mass is 35.5. The van der Waals surface area contributed by atoms with Crippen molar-refractivity contribution in [3.05, 3.63) is 74.2 Å². The summed E-state index contributed by atoms with van der Waals surface area (Å²) in [6.45, 7) is 0.0992. The molecule has 15 heteroatoms. The Balaban J connectivity index is 1.41. The molecule has 12 nitrogen and oxygen atoms in total. The minimum atomic E-state index is -3.93. The summed E-state index contributed by atoms with van der Waals surface area (Å²) in [6, 6.07) is 11.1. The van der Waals surface area contributed by atoms with Gasteiger partial charge in [-0.3, -0.25) is 19.7 Å². The van der Waals surface area contributed by atoms with Crippen LogP contribution in [0.1, 0.15) is 21.8 Å². The lowest BCUT2D eigenvalue weighted by atomic mass is 10.2. The van der Waals surface area contributed by atoms with Gasteiger partial charge < -0.3 is 10.6 Å². The van der Waals surface area contributed by atoms with Crippen LogP contribution in [0.4, 0.5) is 10.8 Å². The molecule has 0 aliphatic carbocycles. The molecule has 0 fully saturated rings. The maximum absolute atomic E-state index is 12.2. The van der Waals surface area contributed by atoms with Crippen LogP contribution in [0, 0.1) is 10.1 Å². The molecule has 3 rings (SSSR count). The Kier molecular flexibility index (Phi) is 8.81. The number of carbonyl (C=O) groups excluding carboxylic acids is 2. The smallest absolute Gasteiger partial charge is 0.269 e. The van der Waals surface area contributed by atoms with E-state index < -0.39 is 20.9 Å². The Bertz CT molecular complexity index is 1330. The van der Waals surface area contributed by atoms with Gasteiger partial charge in [0, 0.05) is 38.1 Å². The van der Waals surface area contributed by atoms with E-state index in [1.54, 1.807) is 24.3 Å². The largest absolute Gasteiger partial charge is 0.352 e. The van der Waals surface area contributed by atoms with Gasteiger partial charge >= 0.3 is 0 Å². The summed E-state index contributed by atoms with van der Waals surface area (Å²) in [4.78, 5) is 34.1. The number of nitro benzene ring substituents is 1. The molecule has 2 amide bonds. The van der Waals surface area contributed by atoms with E-state index in [1.807, 2.05) is 0 Å². The second-order valence-corrected chi connectivity index (χ2v) is 10.2. The molecule has 184 valence electrons. The lowest BCUT2D eigenvalue weighted by Gasteiger charge is -2.06. The van der Waals surface area contributed by atoms with E-state index in [4.69, 9.17) is 11.6 Å². The van der Waals surface area contributed by atoms with Crippen molar-refractivity contribution in [1.82, 2.24) is 20.2 Å². The molecule has 0 radical (unpaired) electrons. The van der Waals surface area contributed by atoms with Gasteiger partial charge in [-0.2, -0.15) is 0 Å². The molecule has 0 aliphatic heterocycles. The molecule has 0 aliphatic rings. The van der Waals surface area contributed by atoms with Gasteiger partial charge in [0.05, 0.1) is 20.4 Å². The predicted molar refractivity (Wildman–Crippen MR) is 129 cm³/mol. The number of sulfonamides is 1. The van der Waals surface area contributed by atoms with E-state index in [0.29, 0.717) is 22.0 Å². The summed E-state index contributed by atoms with van der Waals surface area (Å²) in [5, 5.41) is 24.9. The summed E-state index contributed by atoms with van der Waals surface area (Å²) in [5.74, 6) is -0.795. The van der Waals surface area contributed by atoms with Gasteiger partial charge in [-0.05, 0) is 24.3 Å². The minimum Gasteiger partial charge on any atom is -0.352 e. The Morgan fingerprint density at radius 3 is 2.46 bits per heavy atom. The van der Waals surface area contributed by atoms with Crippen molar-refractivity contribution in [3.63, 3.8) is 0 Å². The van der Waals surface area contributed by atoms with Crippen LogP contribution in [-0.4, -0.2) is 48.4 Å². The molecular formula is C20H19ClN6O6S2. The highest BCUT2D eigenvalue weighted by molar-refractivity contribution is 7.89. The average Bonchev–Trinajstić information content (AvgIpc) is 3.26. The van der Waals surface area contributed by atoms with Crippen LogP contribution in [0.5, 0.6) is 0 Å². The van der Waals surface area contributed by atoms with Gasteiger partial charge in [0.2, 0.25) is 21.1 Å². The number of benzene rings is 2. The first-order chi connectivity index (χ1) is 16.7. The summed E-state index contributed by atoms with van der Waals surface area (Å²) in [5.41, 5.74) is 0.131. The van der Waals surface area contributed by atoms with Crippen molar-refractivity contribution in [1.29, 1.82) is 0 Å². The normalized spacial score (nSPS) is 11.1. The molecule has 1 aromatic heterocycles. The fourth-order valence-corrected chi connectivity index (χ4v) is 4.75. The molecule has 1 heterocycles. The number of nitrogens with zero attached hydrogens (tertiary/aromatic N) is 3. The number of hydrogen-bond acceptors (Lipinski definition) is 9. The van der Waals surface area contributed by atoms with Gasteiger partial charge in [-0.15, -0.1) is 10.2 Å². The van der Waals surface area contributed by atoms with Crippen LogP contribution in [0.2, 0.25) is 5.02 Å². The first kappa shape index (κ1) is 26.2. The molecule has 0 atom stereocenters. The first-order valence-corrected chi connectivity index (χ1v) is 12.7. The Morgan fingerprint density at radius 2 is 1.77 bits per heavy atom. The van der Waals surface area contributed by atoms with Gasteiger partial charge in [0.15, 0.2) is 0 Å². The van der Waals surface area contributed by atoms with Gasteiger partial charge in [0.1, 0.15) is 5.01 Å². The third-order valence-electron chi connectivity index (χ3n) is 4.46. The molecule has 0 saturated carbocycles. The molecule has 0 unspecified atom stereocenters. The summed E-state index contributed by atoms with van der Waals surface area (Å²) < 4.78 is 26.7. The van der Waals surface area contributed by atoms with Crippen molar-refractivity contribution in [3.8, 4) is 0 Å². The second kappa shape index (κ2) is 11.8. The first-order valence-electron chi connectivity index (χ1n) is 10.0. The third-order valence-corrected chi connectivity index (χ3v) is 7.16. The van der Waals surface area contributed by atoms with Crippen molar-refractivity contribution in [2.45, 2.75) is 17.7 Å². The highest BCUT2D eigenvalue weighted by Gasteiger charge is 2.17. The zero-order valence-electron chi connectivity index (χ0n) is 17.9. The van der Waals surface area contributed by atoms with Gasteiger partial charge in [-0.25, -0.2) is 13.1 Å². The standard InChI is InChI=1S/C20H19ClN6O6S2/c21-16-4-2-1-3-15(16)19(29)22-11-10-18-25-26-20(34-18)24-17(28)9-12-23-35(32,33)14-7-5-13(6-8-14)27(30)31/h1-8,23H,9-12H2,(H,22,29)(H,24,26,28). The van der Waals surface area contributed by atoms with Crippen molar-refractivity contribution < 1.29 is 22.9 Å².